The van der Waals surface area contributed by atoms with Crippen molar-refractivity contribution in [1.29, 1.82) is 0 Å². The molecule has 0 atom stereocenters. The van der Waals surface area contributed by atoms with Gasteiger partial charge in [0.05, 0.1) is 0 Å². The number of hydrogen-bond donors (Lipinski definition) is 2. The van der Waals surface area contributed by atoms with Crippen LogP contribution in [-0.2, 0) is 6.42 Å². The molecule has 0 aliphatic heterocycles. The van der Waals surface area contributed by atoms with E-state index in [9.17, 15) is 0 Å². The Balaban J connectivity index is 2.17. The van der Waals surface area contributed by atoms with Crippen LogP contribution in [0, 0.1) is 18.8 Å². The molecule has 1 saturated carbocycles. The van der Waals surface area contributed by atoms with E-state index in [0.29, 0.717) is 5.92 Å². The maximum atomic E-state index is 5.59. The Labute approximate surface area is 122 Å². The molecule has 2 rings (SSSR count). The average Bonchev–Trinajstić information content (AvgIpc) is 2.47. The van der Waals surface area contributed by atoms with Crippen molar-refractivity contribution >= 4 is 5.82 Å². The van der Waals surface area contributed by atoms with Crippen LogP contribution < -0.4 is 11.3 Å². The van der Waals surface area contributed by atoms with Crippen LogP contribution >= 0.6 is 0 Å². The lowest BCUT2D eigenvalue weighted by atomic mass is 9.76. The van der Waals surface area contributed by atoms with Gasteiger partial charge in [-0.1, -0.05) is 20.8 Å². The second-order valence-electron chi connectivity index (χ2n) is 6.36. The van der Waals surface area contributed by atoms with Crippen LogP contribution in [0.15, 0.2) is 0 Å². The second kappa shape index (κ2) is 6.53. The number of rotatable bonds is 4. The highest BCUT2D eigenvalue weighted by molar-refractivity contribution is 5.45. The molecule has 0 radical (unpaired) electrons. The standard InChI is InChI=1S/C16H28N4/c1-5-14-11(4)15(20-17)19-16(18-14)13-8-6-12(7-9-13)10(2)3/h10,12-13H,5-9,17H2,1-4H3,(H,18,19,20). The summed E-state index contributed by atoms with van der Waals surface area (Å²) in [6.07, 6.45) is 5.94. The zero-order valence-corrected chi connectivity index (χ0v) is 13.2. The lowest BCUT2D eigenvalue weighted by molar-refractivity contribution is 0.254. The van der Waals surface area contributed by atoms with E-state index in [4.69, 9.17) is 10.8 Å². The molecule has 1 fully saturated rings. The number of nitrogens with zero attached hydrogens (tertiary/aromatic N) is 2. The molecule has 0 aromatic carbocycles. The van der Waals surface area contributed by atoms with Gasteiger partial charge in [0.15, 0.2) is 0 Å². The molecular formula is C16H28N4. The molecule has 112 valence electrons. The normalized spacial score (nSPS) is 23.1. The quantitative estimate of drug-likeness (QED) is 0.652. The third-order valence-electron chi connectivity index (χ3n) is 4.82. The topological polar surface area (TPSA) is 63.8 Å². The Kier molecular flexibility index (Phi) is 4.97. The third-order valence-corrected chi connectivity index (χ3v) is 4.82. The monoisotopic (exact) mass is 276 g/mol. The predicted octanol–water partition coefficient (Wildman–Crippen LogP) is 3.56. The number of nitrogens with one attached hydrogen (secondary N) is 1. The van der Waals surface area contributed by atoms with Gasteiger partial charge in [0.25, 0.3) is 0 Å². The van der Waals surface area contributed by atoms with Gasteiger partial charge in [0.2, 0.25) is 0 Å². The van der Waals surface area contributed by atoms with E-state index in [1.54, 1.807) is 0 Å². The Morgan fingerprint density at radius 3 is 2.35 bits per heavy atom. The molecule has 3 N–H and O–H groups in total. The van der Waals surface area contributed by atoms with Crippen LogP contribution in [0.1, 0.15) is 69.5 Å². The van der Waals surface area contributed by atoms with Crippen molar-refractivity contribution in [1.82, 2.24) is 9.97 Å². The van der Waals surface area contributed by atoms with E-state index in [0.717, 1.165) is 41.2 Å². The van der Waals surface area contributed by atoms with Crippen LogP contribution in [0.5, 0.6) is 0 Å². The average molecular weight is 276 g/mol. The van der Waals surface area contributed by atoms with Crippen molar-refractivity contribution in [2.45, 2.75) is 65.7 Å². The fourth-order valence-electron chi connectivity index (χ4n) is 3.29. The molecule has 1 aromatic heterocycles. The summed E-state index contributed by atoms with van der Waals surface area (Å²) in [6.45, 7) is 8.83. The predicted molar refractivity (Wildman–Crippen MR) is 83.5 cm³/mol. The fraction of sp³-hybridized carbons (Fsp3) is 0.750. The molecule has 0 bridgehead atoms. The first kappa shape index (κ1) is 15.2. The van der Waals surface area contributed by atoms with E-state index in [1.807, 2.05) is 6.92 Å². The number of nitrogen functional groups attached to an aromatic ring is 1. The van der Waals surface area contributed by atoms with Crippen molar-refractivity contribution in [2.24, 2.45) is 17.7 Å². The summed E-state index contributed by atoms with van der Waals surface area (Å²) in [5.41, 5.74) is 4.92. The van der Waals surface area contributed by atoms with Crippen LogP contribution in [0.4, 0.5) is 5.82 Å². The van der Waals surface area contributed by atoms with E-state index < -0.39 is 0 Å². The van der Waals surface area contributed by atoms with Gasteiger partial charge < -0.3 is 5.43 Å². The number of hydrazine groups is 1. The van der Waals surface area contributed by atoms with E-state index in [1.165, 1.54) is 25.7 Å². The number of aryl methyl sites for hydroxylation is 1. The van der Waals surface area contributed by atoms with Crippen molar-refractivity contribution in [3.8, 4) is 0 Å². The molecule has 4 heteroatoms. The molecule has 4 nitrogen and oxygen atoms in total. The summed E-state index contributed by atoms with van der Waals surface area (Å²) in [7, 11) is 0. The molecule has 20 heavy (non-hydrogen) atoms. The summed E-state index contributed by atoms with van der Waals surface area (Å²) in [5.74, 6) is 9.54. The van der Waals surface area contributed by atoms with Crippen molar-refractivity contribution in [3.05, 3.63) is 17.1 Å². The molecule has 1 aliphatic rings. The minimum Gasteiger partial charge on any atom is -0.308 e. The highest BCUT2D eigenvalue weighted by Crippen LogP contribution is 2.38. The maximum Gasteiger partial charge on any atom is 0.146 e. The van der Waals surface area contributed by atoms with Gasteiger partial charge in [-0.05, 0) is 50.9 Å². The lowest BCUT2D eigenvalue weighted by Crippen LogP contribution is -2.21. The molecule has 1 aromatic rings. The van der Waals surface area contributed by atoms with Gasteiger partial charge in [-0.3, -0.25) is 0 Å². The van der Waals surface area contributed by atoms with Crippen LogP contribution in [0.2, 0.25) is 0 Å². The summed E-state index contributed by atoms with van der Waals surface area (Å²) in [6, 6.07) is 0. The Morgan fingerprint density at radius 1 is 1.20 bits per heavy atom. The van der Waals surface area contributed by atoms with Crippen LogP contribution in [-0.4, -0.2) is 9.97 Å². The summed E-state index contributed by atoms with van der Waals surface area (Å²) >= 11 is 0. The lowest BCUT2D eigenvalue weighted by Gasteiger charge is -2.30. The van der Waals surface area contributed by atoms with Gasteiger partial charge in [0.1, 0.15) is 11.6 Å². The highest BCUT2D eigenvalue weighted by atomic mass is 15.3. The molecular weight excluding hydrogens is 248 g/mol. The zero-order valence-electron chi connectivity index (χ0n) is 13.2. The second-order valence-corrected chi connectivity index (χ2v) is 6.36. The largest absolute Gasteiger partial charge is 0.308 e. The molecule has 0 spiro atoms. The van der Waals surface area contributed by atoms with Crippen molar-refractivity contribution < 1.29 is 0 Å². The van der Waals surface area contributed by atoms with Gasteiger partial charge in [0, 0.05) is 17.2 Å². The van der Waals surface area contributed by atoms with E-state index in [-0.39, 0.29) is 0 Å². The zero-order chi connectivity index (χ0) is 14.7. The SMILES string of the molecule is CCc1nc(C2CCC(C(C)C)CC2)nc(NN)c1C. The number of anilines is 1. The molecule has 0 unspecified atom stereocenters. The minimum absolute atomic E-state index is 0.503. The summed E-state index contributed by atoms with van der Waals surface area (Å²) in [5, 5.41) is 0. The van der Waals surface area contributed by atoms with Gasteiger partial charge >= 0.3 is 0 Å². The number of nitrogens with two attached hydrogens (primary N) is 1. The Morgan fingerprint density at radius 2 is 1.85 bits per heavy atom. The maximum absolute atomic E-state index is 5.59. The molecule has 0 amide bonds. The molecule has 1 heterocycles. The number of hydrogen-bond acceptors (Lipinski definition) is 4. The van der Waals surface area contributed by atoms with Gasteiger partial charge in [-0.25, -0.2) is 15.8 Å². The summed E-state index contributed by atoms with van der Waals surface area (Å²) < 4.78 is 0. The van der Waals surface area contributed by atoms with E-state index in [2.05, 4.69) is 31.2 Å². The third kappa shape index (κ3) is 3.11. The first-order valence-electron chi connectivity index (χ1n) is 7.90. The fourth-order valence-corrected chi connectivity index (χ4v) is 3.29. The van der Waals surface area contributed by atoms with Gasteiger partial charge in [-0.15, -0.1) is 0 Å². The van der Waals surface area contributed by atoms with Crippen LogP contribution in [0.3, 0.4) is 0 Å². The van der Waals surface area contributed by atoms with Crippen LogP contribution in [0.25, 0.3) is 0 Å². The first-order chi connectivity index (χ1) is 9.56. The molecule has 1 aliphatic carbocycles. The minimum atomic E-state index is 0.503. The van der Waals surface area contributed by atoms with Crippen molar-refractivity contribution in [3.63, 3.8) is 0 Å². The Hall–Kier alpha value is -1.16. The molecule has 0 saturated heterocycles. The highest BCUT2D eigenvalue weighted by Gasteiger charge is 2.26. The number of aromatic nitrogens is 2. The summed E-state index contributed by atoms with van der Waals surface area (Å²) in [4.78, 5) is 9.43. The van der Waals surface area contributed by atoms with Crippen molar-refractivity contribution in [2.75, 3.05) is 5.43 Å². The van der Waals surface area contributed by atoms with E-state index >= 15 is 0 Å². The smallest absolute Gasteiger partial charge is 0.146 e. The van der Waals surface area contributed by atoms with Gasteiger partial charge in [-0.2, -0.15) is 0 Å². The first-order valence-corrected chi connectivity index (χ1v) is 7.90. The Bertz CT molecular complexity index is 423.